The number of anilines is 1. The number of aromatic nitrogens is 2. The largest absolute Gasteiger partial charge is 0.378 e. The molecule has 0 bridgehead atoms. The number of methoxy groups -OCH3 is 1. The van der Waals surface area contributed by atoms with Crippen LogP contribution in [0.2, 0.25) is 0 Å². The molecule has 1 saturated carbocycles. The van der Waals surface area contributed by atoms with E-state index >= 15 is 0 Å². The number of rotatable bonds is 5. The van der Waals surface area contributed by atoms with E-state index in [-0.39, 0.29) is 0 Å². The molecule has 1 aliphatic rings. The highest BCUT2D eigenvalue weighted by Crippen LogP contribution is 2.31. The molecule has 0 unspecified atom stereocenters. The van der Waals surface area contributed by atoms with Crippen LogP contribution in [0.25, 0.3) is 0 Å². The molecule has 0 spiro atoms. The van der Waals surface area contributed by atoms with Crippen LogP contribution in [0.5, 0.6) is 0 Å². The maximum atomic E-state index is 5.19. The Morgan fingerprint density at radius 3 is 2.72 bits per heavy atom. The van der Waals surface area contributed by atoms with Gasteiger partial charge in [-0.1, -0.05) is 19.3 Å². The summed E-state index contributed by atoms with van der Waals surface area (Å²) in [6.07, 6.45) is 6.41. The third kappa shape index (κ3) is 3.42. The first-order valence-electron chi connectivity index (χ1n) is 6.94. The zero-order chi connectivity index (χ0) is 12.8. The molecular weight excluding hydrogens is 226 g/mol. The van der Waals surface area contributed by atoms with Gasteiger partial charge in [-0.25, -0.2) is 9.97 Å². The first-order chi connectivity index (χ1) is 8.83. The Morgan fingerprint density at radius 2 is 2.06 bits per heavy atom. The van der Waals surface area contributed by atoms with E-state index in [1.54, 1.807) is 7.11 Å². The molecule has 0 amide bonds. The fourth-order valence-corrected chi connectivity index (χ4v) is 2.55. The van der Waals surface area contributed by atoms with Gasteiger partial charge in [0, 0.05) is 25.6 Å². The van der Waals surface area contributed by atoms with Crippen molar-refractivity contribution >= 4 is 5.82 Å². The van der Waals surface area contributed by atoms with Crippen molar-refractivity contribution in [2.75, 3.05) is 19.0 Å². The maximum Gasteiger partial charge on any atom is 0.134 e. The van der Waals surface area contributed by atoms with Gasteiger partial charge in [-0.05, 0) is 19.8 Å². The molecule has 1 N–H and O–H groups in total. The molecule has 1 aromatic rings. The summed E-state index contributed by atoms with van der Waals surface area (Å²) in [7, 11) is 1.70. The van der Waals surface area contributed by atoms with Crippen molar-refractivity contribution in [3.05, 3.63) is 17.6 Å². The van der Waals surface area contributed by atoms with E-state index in [0.717, 1.165) is 23.9 Å². The molecule has 0 saturated heterocycles. The van der Waals surface area contributed by atoms with E-state index in [1.807, 2.05) is 6.07 Å². The molecule has 4 nitrogen and oxygen atoms in total. The van der Waals surface area contributed by atoms with Crippen LogP contribution in [-0.2, 0) is 11.3 Å². The summed E-state index contributed by atoms with van der Waals surface area (Å²) in [5.41, 5.74) is 0.976. The second-order valence-electron chi connectivity index (χ2n) is 4.90. The summed E-state index contributed by atoms with van der Waals surface area (Å²) < 4.78 is 5.19. The lowest BCUT2D eigenvalue weighted by atomic mass is 9.88. The van der Waals surface area contributed by atoms with Crippen molar-refractivity contribution in [2.45, 2.75) is 51.6 Å². The van der Waals surface area contributed by atoms with Gasteiger partial charge in [0.2, 0.25) is 0 Å². The van der Waals surface area contributed by atoms with Crippen LogP contribution in [0, 0.1) is 0 Å². The van der Waals surface area contributed by atoms with Crippen LogP contribution in [0.15, 0.2) is 6.07 Å². The number of hydrogen-bond acceptors (Lipinski definition) is 4. The third-order valence-electron chi connectivity index (χ3n) is 3.42. The van der Waals surface area contributed by atoms with Crippen molar-refractivity contribution in [1.82, 2.24) is 9.97 Å². The molecular formula is C14H23N3O. The van der Waals surface area contributed by atoms with Gasteiger partial charge in [-0.15, -0.1) is 0 Å². The first kappa shape index (κ1) is 13.3. The Bertz CT molecular complexity index is 351. The highest BCUT2D eigenvalue weighted by Gasteiger charge is 2.19. The van der Waals surface area contributed by atoms with E-state index in [0.29, 0.717) is 12.5 Å². The predicted octanol–water partition coefficient (Wildman–Crippen LogP) is 3.10. The molecule has 0 atom stereocenters. The predicted molar refractivity (Wildman–Crippen MR) is 72.7 cm³/mol. The molecule has 1 fully saturated rings. The smallest absolute Gasteiger partial charge is 0.134 e. The fourth-order valence-electron chi connectivity index (χ4n) is 2.55. The number of ether oxygens (including phenoxy) is 1. The molecule has 2 rings (SSSR count). The van der Waals surface area contributed by atoms with Gasteiger partial charge in [0.25, 0.3) is 0 Å². The van der Waals surface area contributed by atoms with Crippen LogP contribution in [0.4, 0.5) is 5.82 Å². The highest BCUT2D eigenvalue weighted by molar-refractivity contribution is 5.36. The molecule has 4 heteroatoms. The minimum Gasteiger partial charge on any atom is -0.378 e. The van der Waals surface area contributed by atoms with Gasteiger partial charge in [0.1, 0.15) is 11.6 Å². The van der Waals surface area contributed by atoms with Crippen molar-refractivity contribution < 1.29 is 4.74 Å². The molecule has 100 valence electrons. The average Bonchev–Trinajstić information content (AvgIpc) is 2.40. The van der Waals surface area contributed by atoms with Crippen LogP contribution >= 0.6 is 0 Å². The molecule has 1 aliphatic carbocycles. The van der Waals surface area contributed by atoms with Crippen LogP contribution < -0.4 is 5.32 Å². The highest BCUT2D eigenvalue weighted by atomic mass is 16.5. The summed E-state index contributed by atoms with van der Waals surface area (Å²) in [4.78, 5) is 9.30. The van der Waals surface area contributed by atoms with Crippen molar-refractivity contribution in [1.29, 1.82) is 0 Å². The van der Waals surface area contributed by atoms with E-state index in [1.165, 1.54) is 32.1 Å². The Labute approximate surface area is 109 Å². The summed E-state index contributed by atoms with van der Waals surface area (Å²) in [6, 6.07) is 1.99. The van der Waals surface area contributed by atoms with Crippen molar-refractivity contribution in [3.63, 3.8) is 0 Å². The quantitative estimate of drug-likeness (QED) is 0.871. The first-order valence-corrected chi connectivity index (χ1v) is 6.94. The minimum atomic E-state index is 0.535. The molecule has 0 aliphatic heterocycles. The van der Waals surface area contributed by atoms with Gasteiger partial charge >= 0.3 is 0 Å². The monoisotopic (exact) mass is 249 g/mol. The number of nitrogens with zero attached hydrogens (tertiary/aromatic N) is 2. The van der Waals surface area contributed by atoms with Crippen molar-refractivity contribution in [2.24, 2.45) is 0 Å². The SMILES string of the molecule is CCNc1cc(COC)nc(C2CCCCC2)n1. The zero-order valence-corrected chi connectivity index (χ0v) is 11.4. The molecule has 0 aromatic carbocycles. The van der Waals surface area contributed by atoms with Crippen molar-refractivity contribution in [3.8, 4) is 0 Å². The van der Waals surface area contributed by atoms with Gasteiger partial charge in [-0.2, -0.15) is 0 Å². The second kappa shape index (κ2) is 6.69. The van der Waals surface area contributed by atoms with Crippen LogP contribution in [-0.4, -0.2) is 23.6 Å². The Kier molecular flexibility index (Phi) is 4.93. The molecule has 1 heterocycles. The standard InChI is InChI=1S/C14H23N3O/c1-3-15-13-9-12(10-18-2)16-14(17-13)11-7-5-4-6-8-11/h9,11H,3-8,10H2,1-2H3,(H,15,16,17). The van der Waals surface area contributed by atoms with Crippen LogP contribution in [0.1, 0.15) is 56.5 Å². The lowest BCUT2D eigenvalue weighted by Crippen LogP contribution is -2.12. The Hall–Kier alpha value is -1.16. The van der Waals surface area contributed by atoms with E-state index in [4.69, 9.17) is 4.74 Å². The maximum absolute atomic E-state index is 5.19. The topological polar surface area (TPSA) is 47.0 Å². The summed E-state index contributed by atoms with van der Waals surface area (Å²) in [5.74, 6) is 2.47. The van der Waals surface area contributed by atoms with Gasteiger partial charge in [-0.3, -0.25) is 0 Å². The minimum absolute atomic E-state index is 0.535. The third-order valence-corrected chi connectivity index (χ3v) is 3.42. The summed E-state index contributed by atoms with van der Waals surface area (Å²) >= 11 is 0. The van der Waals surface area contributed by atoms with Gasteiger partial charge in [0.15, 0.2) is 0 Å². The average molecular weight is 249 g/mol. The van der Waals surface area contributed by atoms with E-state index in [2.05, 4.69) is 22.2 Å². The second-order valence-corrected chi connectivity index (χ2v) is 4.90. The molecule has 1 aromatic heterocycles. The van der Waals surface area contributed by atoms with E-state index in [9.17, 15) is 0 Å². The zero-order valence-electron chi connectivity index (χ0n) is 11.4. The summed E-state index contributed by atoms with van der Waals surface area (Å²) in [6.45, 7) is 3.52. The van der Waals surface area contributed by atoms with Crippen LogP contribution in [0.3, 0.4) is 0 Å². The molecule has 18 heavy (non-hydrogen) atoms. The number of nitrogens with one attached hydrogen (secondary N) is 1. The number of hydrogen-bond donors (Lipinski definition) is 1. The lowest BCUT2D eigenvalue weighted by molar-refractivity contribution is 0.181. The lowest BCUT2D eigenvalue weighted by Gasteiger charge is -2.21. The molecule has 0 radical (unpaired) electrons. The Morgan fingerprint density at radius 1 is 1.28 bits per heavy atom. The van der Waals surface area contributed by atoms with Gasteiger partial charge in [0.05, 0.1) is 12.3 Å². The Balaban J connectivity index is 2.20. The fraction of sp³-hybridized carbons (Fsp3) is 0.714. The van der Waals surface area contributed by atoms with Gasteiger partial charge < -0.3 is 10.1 Å². The van der Waals surface area contributed by atoms with E-state index < -0.39 is 0 Å². The summed E-state index contributed by atoms with van der Waals surface area (Å²) in [5, 5.41) is 3.28. The normalized spacial score (nSPS) is 16.8.